The van der Waals surface area contributed by atoms with Gasteiger partial charge >= 0.3 is 0 Å². The highest BCUT2D eigenvalue weighted by atomic mass is 16.2. The zero-order chi connectivity index (χ0) is 19.6. The lowest BCUT2D eigenvalue weighted by Gasteiger charge is -2.35. The van der Waals surface area contributed by atoms with Crippen LogP contribution in [-0.2, 0) is 17.8 Å². The first-order valence-electron chi connectivity index (χ1n) is 10.6. The summed E-state index contributed by atoms with van der Waals surface area (Å²) in [5, 5.41) is 0. The normalized spacial score (nSPS) is 19.0. The third kappa shape index (κ3) is 5.20. The van der Waals surface area contributed by atoms with Crippen LogP contribution in [0.5, 0.6) is 0 Å². The van der Waals surface area contributed by atoms with Gasteiger partial charge in [0.1, 0.15) is 11.6 Å². The molecule has 2 aliphatic heterocycles. The van der Waals surface area contributed by atoms with Crippen molar-refractivity contribution in [3.63, 3.8) is 0 Å². The highest BCUT2D eigenvalue weighted by molar-refractivity contribution is 5.77. The molecule has 27 heavy (non-hydrogen) atoms. The second-order valence-corrected chi connectivity index (χ2v) is 9.71. The highest BCUT2D eigenvalue weighted by Crippen LogP contribution is 2.30. The lowest BCUT2D eigenvalue weighted by molar-refractivity contribution is -0.133. The Kier molecular flexibility index (Phi) is 6.07. The van der Waals surface area contributed by atoms with E-state index in [-0.39, 0.29) is 11.3 Å². The molecule has 3 rings (SSSR count). The summed E-state index contributed by atoms with van der Waals surface area (Å²) < 4.78 is 0. The minimum atomic E-state index is 0.265. The number of hydrogen-bond donors (Lipinski definition) is 0. The van der Waals surface area contributed by atoms with Crippen LogP contribution >= 0.6 is 0 Å². The summed E-state index contributed by atoms with van der Waals surface area (Å²) in [6, 6.07) is 0. The van der Waals surface area contributed by atoms with Gasteiger partial charge in [-0.05, 0) is 43.9 Å². The maximum atomic E-state index is 12.9. The van der Waals surface area contributed by atoms with Crippen LogP contribution in [0.4, 0.5) is 5.82 Å². The molecule has 1 atom stereocenters. The van der Waals surface area contributed by atoms with E-state index < -0.39 is 0 Å². The van der Waals surface area contributed by atoms with E-state index in [9.17, 15) is 4.79 Å². The predicted molar refractivity (Wildman–Crippen MR) is 110 cm³/mol. The van der Waals surface area contributed by atoms with Gasteiger partial charge in [-0.1, -0.05) is 27.7 Å². The van der Waals surface area contributed by atoms with Gasteiger partial charge in [-0.3, -0.25) is 4.79 Å². The summed E-state index contributed by atoms with van der Waals surface area (Å²) >= 11 is 0. The molecule has 0 spiro atoms. The Hall–Kier alpha value is -1.65. The Labute approximate surface area is 164 Å². The molecule has 0 N–H and O–H groups in total. The van der Waals surface area contributed by atoms with Crippen LogP contribution in [0.3, 0.4) is 0 Å². The van der Waals surface area contributed by atoms with Crippen molar-refractivity contribution >= 4 is 11.7 Å². The van der Waals surface area contributed by atoms with Gasteiger partial charge in [0.25, 0.3) is 0 Å². The topological polar surface area (TPSA) is 49.3 Å². The van der Waals surface area contributed by atoms with Crippen LogP contribution in [0.2, 0.25) is 0 Å². The van der Waals surface area contributed by atoms with E-state index in [1.807, 2.05) is 11.8 Å². The van der Waals surface area contributed by atoms with Crippen molar-refractivity contribution in [3.8, 4) is 0 Å². The third-order valence-corrected chi connectivity index (χ3v) is 5.64. The number of fused-ring (bicyclic) bond motifs is 1. The highest BCUT2D eigenvalue weighted by Gasteiger charge is 2.28. The van der Waals surface area contributed by atoms with Crippen LogP contribution in [0.15, 0.2) is 0 Å². The zero-order valence-electron chi connectivity index (χ0n) is 17.8. The molecule has 3 heterocycles. The van der Waals surface area contributed by atoms with Gasteiger partial charge in [0, 0.05) is 38.0 Å². The average molecular weight is 373 g/mol. The molecule has 0 saturated carbocycles. The van der Waals surface area contributed by atoms with Crippen LogP contribution in [-0.4, -0.2) is 40.4 Å². The van der Waals surface area contributed by atoms with Crippen molar-refractivity contribution in [1.82, 2.24) is 14.9 Å². The Morgan fingerprint density at radius 2 is 1.81 bits per heavy atom. The molecule has 0 aliphatic carbocycles. The van der Waals surface area contributed by atoms with E-state index in [4.69, 9.17) is 9.97 Å². The van der Waals surface area contributed by atoms with E-state index in [1.165, 1.54) is 24.8 Å². The number of carbonyl (C=O) groups is 1. The summed E-state index contributed by atoms with van der Waals surface area (Å²) in [4.78, 5) is 26.9. The summed E-state index contributed by atoms with van der Waals surface area (Å²) in [5.74, 6) is 2.63. The van der Waals surface area contributed by atoms with Gasteiger partial charge in [0.05, 0.1) is 12.2 Å². The van der Waals surface area contributed by atoms with Crippen LogP contribution in [0.25, 0.3) is 0 Å². The van der Waals surface area contributed by atoms with Crippen LogP contribution in [0.1, 0.15) is 76.9 Å². The van der Waals surface area contributed by atoms with Crippen LogP contribution in [0, 0.1) is 18.3 Å². The van der Waals surface area contributed by atoms with Crippen molar-refractivity contribution in [1.29, 1.82) is 0 Å². The molecule has 1 aromatic rings. The monoisotopic (exact) mass is 372 g/mol. The number of amides is 1. The standard InChI is InChI=1S/C22H36N4O/c1-16(14-22(3,4)5)13-20(27)26-12-9-19-18(15-26)21(24-17(2)23-19)25-10-7-6-8-11-25/h16H,6-15H2,1-5H3/t16-/m0/s1. The van der Waals surface area contributed by atoms with Crippen molar-refractivity contribution in [2.75, 3.05) is 24.5 Å². The number of aromatic nitrogens is 2. The van der Waals surface area contributed by atoms with Gasteiger partial charge in [-0.25, -0.2) is 9.97 Å². The molecule has 5 nitrogen and oxygen atoms in total. The average Bonchev–Trinajstić information content (AvgIpc) is 2.59. The second-order valence-electron chi connectivity index (χ2n) is 9.71. The molecular formula is C22H36N4O. The molecule has 0 radical (unpaired) electrons. The Morgan fingerprint density at radius 1 is 1.11 bits per heavy atom. The summed E-state index contributed by atoms with van der Waals surface area (Å²) in [5.41, 5.74) is 2.60. The van der Waals surface area contributed by atoms with Gasteiger partial charge < -0.3 is 9.80 Å². The molecule has 150 valence electrons. The van der Waals surface area contributed by atoms with Crippen molar-refractivity contribution in [3.05, 3.63) is 17.1 Å². The Morgan fingerprint density at radius 3 is 2.48 bits per heavy atom. The summed E-state index contributed by atoms with van der Waals surface area (Å²) in [7, 11) is 0. The van der Waals surface area contributed by atoms with E-state index >= 15 is 0 Å². The van der Waals surface area contributed by atoms with E-state index in [0.29, 0.717) is 18.9 Å². The summed E-state index contributed by atoms with van der Waals surface area (Å²) in [6.45, 7) is 14.5. The van der Waals surface area contributed by atoms with E-state index in [0.717, 1.165) is 49.8 Å². The quantitative estimate of drug-likeness (QED) is 0.798. The minimum absolute atomic E-state index is 0.265. The molecule has 1 aromatic heterocycles. The molecule has 5 heteroatoms. The first kappa shape index (κ1) is 20.1. The van der Waals surface area contributed by atoms with E-state index in [1.54, 1.807) is 0 Å². The molecule has 1 fully saturated rings. The predicted octanol–water partition coefficient (Wildman–Crippen LogP) is 4.12. The first-order chi connectivity index (χ1) is 12.7. The SMILES string of the molecule is Cc1nc2c(c(N3CCCCC3)n1)CN(C(=O)C[C@H](C)CC(C)(C)C)CC2. The fourth-order valence-corrected chi connectivity index (χ4v) is 4.64. The maximum absolute atomic E-state index is 12.9. The number of hydrogen-bond acceptors (Lipinski definition) is 4. The van der Waals surface area contributed by atoms with E-state index in [2.05, 4.69) is 32.6 Å². The minimum Gasteiger partial charge on any atom is -0.356 e. The summed E-state index contributed by atoms with van der Waals surface area (Å²) in [6.07, 6.45) is 6.32. The van der Waals surface area contributed by atoms with Gasteiger partial charge in [-0.15, -0.1) is 0 Å². The number of piperidine rings is 1. The zero-order valence-corrected chi connectivity index (χ0v) is 17.8. The molecular weight excluding hydrogens is 336 g/mol. The maximum Gasteiger partial charge on any atom is 0.223 e. The number of rotatable bonds is 4. The van der Waals surface area contributed by atoms with Crippen molar-refractivity contribution in [2.24, 2.45) is 11.3 Å². The third-order valence-electron chi connectivity index (χ3n) is 5.64. The number of anilines is 1. The van der Waals surface area contributed by atoms with Gasteiger partial charge in [0.15, 0.2) is 0 Å². The molecule has 0 aromatic carbocycles. The van der Waals surface area contributed by atoms with Crippen LogP contribution < -0.4 is 4.90 Å². The van der Waals surface area contributed by atoms with Crippen molar-refractivity contribution < 1.29 is 4.79 Å². The number of aryl methyl sites for hydroxylation is 1. The lowest BCUT2D eigenvalue weighted by Crippen LogP contribution is -2.39. The molecule has 0 bridgehead atoms. The Balaban J connectivity index is 1.74. The number of carbonyl (C=O) groups excluding carboxylic acids is 1. The lowest BCUT2D eigenvalue weighted by atomic mass is 9.84. The van der Waals surface area contributed by atoms with Gasteiger partial charge in [-0.2, -0.15) is 0 Å². The molecule has 0 unspecified atom stereocenters. The first-order valence-corrected chi connectivity index (χ1v) is 10.6. The molecule has 2 aliphatic rings. The fourth-order valence-electron chi connectivity index (χ4n) is 4.64. The van der Waals surface area contributed by atoms with Crippen molar-refractivity contribution in [2.45, 2.75) is 79.7 Å². The Bertz CT molecular complexity index is 674. The smallest absolute Gasteiger partial charge is 0.223 e. The molecule has 1 saturated heterocycles. The van der Waals surface area contributed by atoms with Gasteiger partial charge in [0.2, 0.25) is 5.91 Å². The largest absolute Gasteiger partial charge is 0.356 e. The fraction of sp³-hybridized carbons (Fsp3) is 0.773. The number of nitrogens with zero attached hydrogens (tertiary/aromatic N) is 4. The molecule has 1 amide bonds. The second kappa shape index (κ2) is 8.15.